The van der Waals surface area contributed by atoms with Gasteiger partial charge in [0.05, 0.1) is 18.8 Å². The number of carbonyl (C=O) groups excluding carboxylic acids is 1. The topological polar surface area (TPSA) is 38.8 Å². The summed E-state index contributed by atoms with van der Waals surface area (Å²) in [6, 6.07) is 5.83. The fourth-order valence-corrected chi connectivity index (χ4v) is 2.69. The first-order chi connectivity index (χ1) is 9.25. The molecule has 1 fully saturated rings. The van der Waals surface area contributed by atoms with Gasteiger partial charge in [-0.2, -0.15) is 0 Å². The summed E-state index contributed by atoms with van der Waals surface area (Å²) in [7, 11) is 2.01. The Morgan fingerprint density at radius 3 is 3.11 bits per heavy atom. The van der Waals surface area contributed by atoms with Gasteiger partial charge in [0.2, 0.25) is 0 Å². The lowest BCUT2D eigenvalue weighted by Crippen LogP contribution is -2.44. The number of morpholine rings is 1. The van der Waals surface area contributed by atoms with Gasteiger partial charge in [0, 0.05) is 13.1 Å². The zero-order valence-corrected chi connectivity index (χ0v) is 11.2. The van der Waals surface area contributed by atoms with E-state index in [0.29, 0.717) is 25.3 Å². The predicted molar refractivity (Wildman–Crippen MR) is 71.8 cm³/mol. The van der Waals surface area contributed by atoms with Crippen LogP contribution in [0.2, 0.25) is 0 Å². The molecular weight excluding hydrogens is 242 g/mol. The number of carbonyl (C=O) groups is 1. The van der Waals surface area contributed by atoms with Crippen molar-refractivity contribution in [2.75, 3.05) is 33.4 Å². The highest BCUT2D eigenvalue weighted by Crippen LogP contribution is 2.30. The van der Waals surface area contributed by atoms with E-state index in [0.717, 1.165) is 30.7 Å². The Balaban J connectivity index is 1.87. The number of para-hydroxylation sites is 1. The molecule has 0 N–H and O–H groups in total. The largest absolute Gasteiger partial charge is 0.493 e. The van der Waals surface area contributed by atoms with Crippen molar-refractivity contribution in [3.05, 3.63) is 29.3 Å². The van der Waals surface area contributed by atoms with Crippen LogP contribution in [0.15, 0.2) is 18.2 Å². The molecule has 4 heteroatoms. The number of benzene rings is 1. The van der Waals surface area contributed by atoms with Crippen molar-refractivity contribution >= 4 is 5.78 Å². The van der Waals surface area contributed by atoms with E-state index in [1.807, 2.05) is 25.2 Å². The minimum absolute atomic E-state index is 0.0466. The maximum atomic E-state index is 12.6. The Bertz CT molecular complexity index is 486. The van der Waals surface area contributed by atoms with E-state index < -0.39 is 0 Å². The number of fused-ring (bicyclic) bond motifs is 1. The van der Waals surface area contributed by atoms with Crippen LogP contribution in [0, 0.1) is 0 Å². The third-order valence-corrected chi connectivity index (χ3v) is 3.76. The molecule has 1 aromatic rings. The molecule has 0 spiro atoms. The third-order valence-electron chi connectivity index (χ3n) is 3.76. The van der Waals surface area contributed by atoms with Gasteiger partial charge in [0.1, 0.15) is 11.9 Å². The highest BCUT2D eigenvalue weighted by molar-refractivity contribution is 6.02. The van der Waals surface area contributed by atoms with Crippen molar-refractivity contribution < 1.29 is 14.3 Å². The van der Waals surface area contributed by atoms with Crippen LogP contribution in [0.25, 0.3) is 0 Å². The zero-order chi connectivity index (χ0) is 13.2. The average molecular weight is 261 g/mol. The lowest BCUT2D eigenvalue weighted by molar-refractivity contribution is -0.00881. The summed E-state index contributed by atoms with van der Waals surface area (Å²) in [6.45, 7) is 2.85. The molecule has 0 radical (unpaired) electrons. The number of nitrogens with zero attached hydrogens (tertiary/aromatic N) is 1. The third kappa shape index (κ3) is 2.51. The second-order valence-corrected chi connectivity index (χ2v) is 5.23. The Labute approximate surface area is 113 Å². The normalized spacial score (nSPS) is 23.5. The Morgan fingerprint density at radius 1 is 1.37 bits per heavy atom. The van der Waals surface area contributed by atoms with Crippen molar-refractivity contribution in [3.8, 4) is 5.75 Å². The quantitative estimate of drug-likeness (QED) is 0.757. The van der Waals surface area contributed by atoms with Crippen molar-refractivity contribution in [1.29, 1.82) is 0 Å². The molecule has 2 aliphatic rings. The van der Waals surface area contributed by atoms with Crippen LogP contribution in [-0.4, -0.2) is 50.1 Å². The first kappa shape index (κ1) is 12.6. The lowest BCUT2D eigenvalue weighted by atomic mass is 9.97. The Kier molecular flexibility index (Phi) is 3.53. The summed E-state index contributed by atoms with van der Waals surface area (Å²) in [5.41, 5.74) is 1.82. The molecule has 2 heterocycles. The van der Waals surface area contributed by atoms with Crippen LogP contribution in [0.3, 0.4) is 0 Å². The van der Waals surface area contributed by atoms with Crippen molar-refractivity contribution in [1.82, 2.24) is 4.90 Å². The van der Waals surface area contributed by atoms with E-state index in [-0.39, 0.29) is 11.9 Å². The van der Waals surface area contributed by atoms with Gasteiger partial charge < -0.3 is 14.4 Å². The average Bonchev–Trinajstić information content (AvgIpc) is 2.46. The van der Waals surface area contributed by atoms with Gasteiger partial charge in [0.15, 0.2) is 5.78 Å². The summed E-state index contributed by atoms with van der Waals surface area (Å²) in [4.78, 5) is 14.7. The summed E-state index contributed by atoms with van der Waals surface area (Å²) in [5, 5.41) is 0. The van der Waals surface area contributed by atoms with Crippen molar-refractivity contribution in [2.24, 2.45) is 0 Å². The fourth-order valence-electron chi connectivity index (χ4n) is 2.69. The Morgan fingerprint density at radius 2 is 2.26 bits per heavy atom. The molecule has 1 unspecified atom stereocenters. The molecule has 102 valence electrons. The molecule has 0 aliphatic carbocycles. The van der Waals surface area contributed by atoms with Crippen LogP contribution >= 0.6 is 0 Å². The molecule has 4 nitrogen and oxygen atoms in total. The van der Waals surface area contributed by atoms with Crippen molar-refractivity contribution in [2.45, 2.75) is 18.9 Å². The van der Waals surface area contributed by atoms with E-state index in [9.17, 15) is 4.79 Å². The summed E-state index contributed by atoms with van der Waals surface area (Å²) in [6.07, 6.45) is 1.64. The number of Topliss-reactive ketones (excluding diaryl/α,β-unsaturated/α-hetero) is 1. The van der Waals surface area contributed by atoms with Gasteiger partial charge >= 0.3 is 0 Å². The van der Waals surface area contributed by atoms with Gasteiger partial charge in [-0.15, -0.1) is 0 Å². The number of ether oxygens (including phenoxy) is 2. The molecule has 0 aromatic heterocycles. The van der Waals surface area contributed by atoms with Gasteiger partial charge in [-0.1, -0.05) is 12.1 Å². The maximum Gasteiger partial charge on any atom is 0.196 e. The predicted octanol–water partition coefficient (Wildman–Crippen LogP) is 1.52. The summed E-state index contributed by atoms with van der Waals surface area (Å²) in [5.74, 6) is 0.820. The molecule has 1 atom stereocenters. The molecule has 1 saturated heterocycles. The molecule has 19 heavy (non-hydrogen) atoms. The number of ketones is 1. The second-order valence-electron chi connectivity index (χ2n) is 5.23. The molecule has 3 rings (SSSR count). The highest BCUT2D eigenvalue weighted by Gasteiger charge is 2.29. The molecule has 2 aliphatic heterocycles. The van der Waals surface area contributed by atoms with E-state index in [1.165, 1.54) is 0 Å². The van der Waals surface area contributed by atoms with E-state index in [4.69, 9.17) is 9.47 Å². The molecular formula is C15H19NO3. The monoisotopic (exact) mass is 261 g/mol. The number of aryl methyl sites for hydroxylation is 1. The van der Waals surface area contributed by atoms with E-state index in [1.54, 1.807) is 0 Å². The number of hydrogen-bond acceptors (Lipinski definition) is 4. The first-order valence-corrected chi connectivity index (χ1v) is 6.85. The highest BCUT2D eigenvalue weighted by atomic mass is 16.5. The minimum atomic E-state index is -0.365. The van der Waals surface area contributed by atoms with Gasteiger partial charge in [-0.25, -0.2) is 0 Å². The summed E-state index contributed by atoms with van der Waals surface area (Å²) < 4.78 is 11.3. The molecule has 1 aromatic carbocycles. The zero-order valence-electron chi connectivity index (χ0n) is 11.2. The number of likely N-dealkylation sites (N-methyl/N-ethyl adjacent to an activating group) is 1. The fraction of sp³-hybridized carbons (Fsp3) is 0.533. The summed E-state index contributed by atoms with van der Waals surface area (Å²) >= 11 is 0. The first-order valence-electron chi connectivity index (χ1n) is 6.85. The molecule has 0 bridgehead atoms. The number of hydrogen-bond donors (Lipinski definition) is 0. The minimum Gasteiger partial charge on any atom is -0.493 e. The van der Waals surface area contributed by atoms with Crippen molar-refractivity contribution in [3.63, 3.8) is 0 Å². The van der Waals surface area contributed by atoms with E-state index in [2.05, 4.69) is 4.90 Å². The van der Waals surface area contributed by atoms with Gasteiger partial charge in [-0.05, 0) is 31.5 Å². The SMILES string of the molecule is CN1CCOC(C(=O)c2cccc3c2OCCC3)C1. The molecule has 0 amide bonds. The Hall–Kier alpha value is -1.39. The van der Waals surface area contributed by atoms with Crippen LogP contribution in [0.4, 0.5) is 0 Å². The van der Waals surface area contributed by atoms with Crippen LogP contribution in [0.1, 0.15) is 22.3 Å². The maximum absolute atomic E-state index is 12.6. The van der Waals surface area contributed by atoms with Crippen LogP contribution in [-0.2, 0) is 11.2 Å². The van der Waals surface area contributed by atoms with E-state index >= 15 is 0 Å². The second kappa shape index (κ2) is 5.31. The number of rotatable bonds is 2. The van der Waals surface area contributed by atoms with Gasteiger partial charge in [-0.3, -0.25) is 4.79 Å². The van der Waals surface area contributed by atoms with Crippen LogP contribution < -0.4 is 4.74 Å². The van der Waals surface area contributed by atoms with Gasteiger partial charge in [0.25, 0.3) is 0 Å². The lowest BCUT2D eigenvalue weighted by Gasteiger charge is -2.30. The molecule has 0 saturated carbocycles. The van der Waals surface area contributed by atoms with Crippen LogP contribution in [0.5, 0.6) is 5.75 Å². The smallest absolute Gasteiger partial charge is 0.196 e. The standard InChI is InChI=1S/C15H19NO3/c1-16-7-9-18-13(10-16)14(17)12-6-2-4-11-5-3-8-19-15(11)12/h2,4,6,13H,3,5,7-10H2,1H3.